The first kappa shape index (κ1) is 10.5. The summed E-state index contributed by atoms with van der Waals surface area (Å²) < 4.78 is 0. The average Bonchev–Trinajstić information content (AvgIpc) is 3.13. The standard InChI is InChI=1S/C16H17N/c1-12-7-9-13(10-8-12)11-15-16(17-15)14-5-3-2-4-6-14/h2-10,15-17H,11H2,1H3/t15-,16+/m0/s1. The number of hydrogen-bond acceptors (Lipinski definition) is 1. The minimum absolute atomic E-state index is 0.553. The first-order chi connectivity index (χ1) is 8.33. The predicted octanol–water partition coefficient (Wildman–Crippen LogP) is 3.25. The molecule has 1 heterocycles. The lowest BCUT2D eigenvalue weighted by molar-refractivity contribution is 0.901. The fraction of sp³-hybridized carbons (Fsp3) is 0.250. The van der Waals surface area contributed by atoms with Crippen molar-refractivity contribution in [1.29, 1.82) is 0 Å². The highest BCUT2D eigenvalue weighted by atomic mass is 15.1. The van der Waals surface area contributed by atoms with E-state index < -0.39 is 0 Å². The summed E-state index contributed by atoms with van der Waals surface area (Å²) in [4.78, 5) is 0. The molecule has 0 unspecified atom stereocenters. The van der Waals surface area contributed by atoms with Crippen molar-refractivity contribution in [3.8, 4) is 0 Å². The van der Waals surface area contributed by atoms with Gasteiger partial charge in [-0.05, 0) is 24.5 Å². The highest BCUT2D eigenvalue weighted by Gasteiger charge is 2.36. The molecule has 2 aromatic carbocycles. The summed E-state index contributed by atoms with van der Waals surface area (Å²) in [6.07, 6.45) is 1.12. The molecule has 1 aliphatic heterocycles. The van der Waals surface area contributed by atoms with Crippen LogP contribution in [0.1, 0.15) is 22.7 Å². The smallest absolute Gasteiger partial charge is 0.0482 e. The van der Waals surface area contributed by atoms with Gasteiger partial charge < -0.3 is 5.32 Å². The monoisotopic (exact) mass is 223 g/mol. The van der Waals surface area contributed by atoms with Crippen LogP contribution in [-0.4, -0.2) is 6.04 Å². The lowest BCUT2D eigenvalue weighted by atomic mass is 10.0. The van der Waals surface area contributed by atoms with Crippen molar-refractivity contribution < 1.29 is 0 Å². The maximum Gasteiger partial charge on any atom is 0.0482 e. The van der Waals surface area contributed by atoms with Crippen LogP contribution in [0.5, 0.6) is 0 Å². The van der Waals surface area contributed by atoms with Gasteiger partial charge in [-0.2, -0.15) is 0 Å². The molecule has 1 heteroatoms. The van der Waals surface area contributed by atoms with Crippen molar-refractivity contribution in [1.82, 2.24) is 5.32 Å². The Morgan fingerprint density at radius 3 is 2.35 bits per heavy atom. The number of hydrogen-bond donors (Lipinski definition) is 1. The lowest BCUT2D eigenvalue weighted by Crippen LogP contribution is -1.96. The molecule has 1 saturated heterocycles. The molecule has 0 bridgehead atoms. The summed E-state index contributed by atoms with van der Waals surface area (Å²) in [5.41, 5.74) is 4.16. The van der Waals surface area contributed by atoms with E-state index in [0.29, 0.717) is 12.1 Å². The van der Waals surface area contributed by atoms with E-state index in [-0.39, 0.29) is 0 Å². The van der Waals surface area contributed by atoms with Gasteiger partial charge in [0, 0.05) is 12.1 Å². The zero-order chi connectivity index (χ0) is 11.7. The Morgan fingerprint density at radius 1 is 0.941 bits per heavy atom. The Hall–Kier alpha value is -1.60. The molecular formula is C16H17N. The summed E-state index contributed by atoms with van der Waals surface area (Å²) >= 11 is 0. The largest absolute Gasteiger partial charge is 0.304 e. The van der Waals surface area contributed by atoms with Crippen molar-refractivity contribution in [3.05, 3.63) is 71.3 Å². The van der Waals surface area contributed by atoms with Gasteiger partial charge in [0.05, 0.1) is 0 Å². The van der Waals surface area contributed by atoms with Crippen LogP contribution in [0.4, 0.5) is 0 Å². The lowest BCUT2D eigenvalue weighted by Gasteiger charge is -2.00. The predicted molar refractivity (Wildman–Crippen MR) is 71.0 cm³/mol. The molecular weight excluding hydrogens is 206 g/mol. The highest BCUT2D eigenvalue weighted by molar-refractivity contribution is 5.29. The van der Waals surface area contributed by atoms with E-state index in [0.717, 1.165) is 6.42 Å². The molecule has 0 aliphatic carbocycles. The Bertz CT molecular complexity index is 487. The third-order valence-electron chi connectivity index (χ3n) is 3.42. The summed E-state index contributed by atoms with van der Waals surface area (Å²) in [6, 6.07) is 20.7. The van der Waals surface area contributed by atoms with Gasteiger partial charge in [-0.3, -0.25) is 0 Å². The van der Waals surface area contributed by atoms with E-state index in [1.54, 1.807) is 0 Å². The van der Waals surface area contributed by atoms with Gasteiger partial charge in [-0.25, -0.2) is 0 Å². The van der Waals surface area contributed by atoms with E-state index in [1.165, 1.54) is 16.7 Å². The molecule has 2 atom stereocenters. The Morgan fingerprint density at radius 2 is 1.65 bits per heavy atom. The van der Waals surface area contributed by atoms with Crippen molar-refractivity contribution in [2.75, 3.05) is 0 Å². The molecule has 0 aromatic heterocycles. The first-order valence-electron chi connectivity index (χ1n) is 6.19. The Kier molecular flexibility index (Phi) is 2.69. The van der Waals surface area contributed by atoms with Gasteiger partial charge >= 0.3 is 0 Å². The van der Waals surface area contributed by atoms with E-state index in [2.05, 4.69) is 66.8 Å². The minimum Gasteiger partial charge on any atom is -0.304 e. The number of rotatable bonds is 3. The van der Waals surface area contributed by atoms with Crippen molar-refractivity contribution in [2.45, 2.75) is 25.4 Å². The third-order valence-corrected chi connectivity index (χ3v) is 3.42. The topological polar surface area (TPSA) is 21.9 Å². The summed E-state index contributed by atoms with van der Waals surface area (Å²) in [5, 5.41) is 3.55. The van der Waals surface area contributed by atoms with Crippen molar-refractivity contribution in [3.63, 3.8) is 0 Å². The van der Waals surface area contributed by atoms with Crippen LogP contribution in [0.3, 0.4) is 0 Å². The maximum absolute atomic E-state index is 3.55. The SMILES string of the molecule is Cc1ccc(C[C@@H]2N[C@@H]2c2ccccc2)cc1. The van der Waals surface area contributed by atoms with Crippen LogP contribution >= 0.6 is 0 Å². The van der Waals surface area contributed by atoms with Crippen LogP contribution in [0.2, 0.25) is 0 Å². The second kappa shape index (κ2) is 4.34. The Balaban J connectivity index is 1.64. The molecule has 2 aromatic rings. The first-order valence-corrected chi connectivity index (χ1v) is 6.19. The molecule has 0 saturated carbocycles. The van der Waals surface area contributed by atoms with E-state index in [4.69, 9.17) is 0 Å². The summed E-state index contributed by atoms with van der Waals surface area (Å²) in [5.74, 6) is 0. The third kappa shape index (κ3) is 2.40. The number of aryl methyl sites for hydroxylation is 1. The number of nitrogens with one attached hydrogen (secondary N) is 1. The number of benzene rings is 2. The fourth-order valence-electron chi connectivity index (χ4n) is 2.32. The van der Waals surface area contributed by atoms with Crippen molar-refractivity contribution >= 4 is 0 Å². The zero-order valence-corrected chi connectivity index (χ0v) is 10.1. The molecule has 1 N–H and O–H groups in total. The molecule has 0 radical (unpaired) electrons. The van der Waals surface area contributed by atoms with Crippen LogP contribution in [0, 0.1) is 6.92 Å². The van der Waals surface area contributed by atoms with Crippen LogP contribution in [-0.2, 0) is 6.42 Å². The van der Waals surface area contributed by atoms with E-state index in [1.807, 2.05) is 0 Å². The molecule has 1 nitrogen and oxygen atoms in total. The highest BCUT2D eigenvalue weighted by Crippen LogP contribution is 2.31. The second-order valence-electron chi connectivity index (χ2n) is 4.85. The maximum atomic E-state index is 3.55. The molecule has 0 amide bonds. The quantitative estimate of drug-likeness (QED) is 0.793. The Labute approximate surface area is 102 Å². The van der Waals surface area contributed by atoms with Crippen LogP contribution in [0.25, 0.3) is 0 Å². The molecule has 1 aliphatic rings. The van der Waals surface area contributed by atoms with Gasteiger partial charge in [0.1, 0.15) is 0 Å². The fourth-order valence-corrected chi connectivity index (χ4v) is 2.32. The van der Waals surface area contributed by atoms with Gasteiger partial charge in [0.15, 0.2) is 0 Å². The minimum atomic E-state index is 0.553. The normalized spacial score (nSPS) is 22.4. The second-order valence-corrected chi connectivity index (χ2v) is 4.85. The van der Waals surface area contributed by atoms with Crippen LogP contribution in [0.15, 0.2) is 54.6 Å². The van der Waals surface area contributed by atoms with Gasteiger partial charge in [-0.15, -0.1) is 0 Å². The van der Waals surface area contributed by atoms with Gasteiger partial charge in [0.2, 0.25) is 0 Å². The van der Waals surface area contributed by atoms with E-state index in [9.17, 15) is 0 Å². The van der Waals surface area contributed by atoms with Crippen molar-refractivity contribution in [2.24, 2.45) is 0 Å². The van der Waals surface area contributed by atoms with Crippen LogP contribution < -0.4 is 5.32 Å². The summed E-state index contributed by atoms with van der Waals surface area (Å²) in [7, 11) is 0. The molecule has 3 rings (SSSR count). The van der Waals surface area contributed by atoms with Gasteiger partial charge in [0.25, 0.3) is 0 Å². The summed E-state index contributed by atoms with van der Waals surface area (Å²) in [6.45, 7) is 2.13. The molecule has 1 fully saturated rings. The van der Waals surface area contributed by atoms with E-state index >= 15 is 0 Å². The molecule has 86 valence electrons. The van der Waals surface area contributed by atoms with Gasteiger partial charge in [-0.1, -0.05) is 60.2 Å². The molecule has 0 spiro atoms. The average molecular weight is 223 g/mol. The zero-order valence-electron chi connectivity index (χ0n) is 10.1. The molecule has 17 heavy (non-hydrogen) atoms.